The normalized spacial score (nSPS) is 13.1. The molecule has 0 heterocycles. The highest BCUT2D eigenvalue weighted by molar-refractivity contribution is 7.92. The van der Waals surface area contributed by atoms with Crippen LogP contribution in [0.15, 0.2) is 42.5 Å². The second-order valence-corrected chi connectivity index (χ2v) is 11.1. The zero-order valence-corrected chi connectivity index (χ0v) is 22.3. The van der Waals surface area contributed by atoms with Crippen molar-refractivity contribution in [2.75, 3.05) is 17.1 Å². The van der Waals surface area contributed by atoms with E-state index in [2.05, 4.69) is 5.32 Å². The van der Waals surface area contributed by atoms with Crippen molar-refractivity contribution in [3.63, 3.8) is 0 Å². The summed E-state index contributed by atoms with van der Waals surface area (Å²) in [6.45, 7) is 7.01. The highest BCUT2D eigenvalue weighted by atomic mass is 35.5. The fourth-order valence-electron chi connectivity index (χ4n) is 3.33. The molecule has 2 unspecified atom stereocenters. The summed E-state index contributed by atoms with van der Waals surface area (Å²) in [6, 6.07) is 11.0. The first-order chi connectivity index (χ1) is 15.8. The molecule has 7 nitrogen and oxygen atoms in total. The lowest BCUT2D eigenvalue weighted by atomic mass is 10.1. The summed E-state index contributed by atoms with van der Waals surface area (Å²) in [5, 5.41) is 3.33. The molecule has 2 aromatic rings. The summed E-state index contributed by atoms with van der Waals surface area (Å²) in [5.41, 5.74) is 1.97. The molecular formula is C24H31Cl2N3O4S. The van der Waals surface area contributed by atoms with E-state index in [1.807, 2.05) is 45.0 Å². The van der Waals surface area contributed by atoms with Crippen LogP contribution in [0.4, 0.5) is 5.69 Å². The molecule has 0 fully saturated rings. The Balaban J connectivity index is 2.42. The van der Waals surface area contributed by atoms with E-state index < -0.39 is 28.5 Å². The monoisotopic (exact) mass is 527 g/mol. The molecule has 10 heteroatoms. The number of benzene rings is 2. The topological polar surface area (TPSA) is 86.8 Å². The Kier molecular flexibility index (Phi) is 9.79. The van der Waals surface area contributed by atoms with Crippen LogP contribution in [-0.4, -0.2) is 50.0 Å². The fraction of sp³-hybridized carbons (Fsp3) is 0.417. The molecule has 0 radical (unpaired) electrons. The van der Waals surface area contributed by atoms with Crippen LogP contribution in [0.3, 0.4) is 0 Å². The summed E-state index contributed by atoms with van der Waals surface area (Å²) in [4.78, 5) is 27.8. The number of halogens is 2. The van der Waals surface area contributed by atoms with Gasteiger partial charge in [-0.3, -0.25) is 13.9 Å². The molecule has 0 bridgehead atoms. The van der Waals surface area contributed by atoms with E-state index in [0.29, 0.717) is 5.02 Å². The number of anilines is 1. The second-order valence-electron chi connectivity index (χ2n) is 8.37. The molecular weight excluding hydrogens is 497 g/mol. The lowest BCUT2D eigenvalue weighted by molar-refractivity contribution is -0.139. The van der Waals surface area contributed by atoms with Crippen LogP contribution in [0.25, 0.3) is 0 Å². The van der Waals surface area contributed by atoms with Gasteiger partial charge in [0.05, 0.1) is 17.0 Å². The van der Waals surface area contributed by atoms with Crippen LogP contribution in [0.1, 0.15) is 38.3 Å². The van der Waals surface area contributed by atoms with Crippen molar-refractivity contribution in [2.45, 2.75) is 52.7 Å². The van der Waals surface area contributed by atoms with Crippen LogP contribution in [0, 0.1) is 6.92 Å². The molecule has 0 saturated heterocycles. The number of nitrogens with one attached hydrogen (secondary N) is 1. The Morgan fingerprint density at radius 1 is 1.09 bits per heavy atom. The number of hydrogen-bond acceptors (Lipinski definition) is 4. The van der Waals surface area contributed by atoms with Crippen molar-refractivity contribution in [1.29, 1.82) is 0 Å². The molecule has 2 rings (SSSR count). The zero-order valence-electron chi connectivity index (χ0n) is 20.0. The zero-order chi connectivity index (χ0) is 25.6. The number of carbonyl (C=O) groups excluding carboxylic acids is 2. The number of aryl methyl sites for hydroxylation is 1. The van der Waals surface area contributed by atoms with Crippen LogP contribution >= 0.6 is 23.2 Å². The first kappa shape index (κ1) is 28.0. The van der Waals surface area contributed by atoms with Gasteiger partial charge >= 0.3 is 0 Å². The predicted octanol–water partition coefficient (Wildman–Crippen LogP) is 4.40. The maximum absolute atomic E-state index is 13.5. The molecule has 2 atom stereocenters. The van der Waals surface area contributed by atoms with Crippen LogP contribution < -0.4 is 9.62 Å². The predicted molar refractivity (Wildman–Crippen MR) is 138 cm³/mol. The fourth-order valence-corrected chi connectivity index (χ4v) is 4.76. The quantitative estimate of drug-likeness (QED) is 0.495. The highest BCUT2D eigenvalue weighted by Crippen LogP contribution is 2.30. The maximum Gasteiger partial charge on any atom is 0.244 e. The van der Waals surface area contributed by atoms with Gasteiger partial charge in [-0.15, -0.1) is 0 Å². The van der Waals surface area contributed by atoms with E-state index in [9.17, 15) is 18.0 Å². The third kappa shape index (κ3) is 7.61. The number of sulfonamides is 1. The first-order valence-corrected chi connectivity index (χ1v) is 13.5. The van der Waals surface area contributed by atoms with Crippen LogP contribution in [0.5, 0.6) is 0 Å². The van der Waals surface area contributed by atoms with Crippen molar-refractivity contribution in [2.24, 2.45) is 0 Å². The highest BCUT2D eigenvalue weighted by Gasteiger charge is 2.31. The average molecular weight is 529 g/mol. The number of carbonyl (C=O) groups is 2. The van der Waals surface area contributed by atoms with Crippen molar-refractivity contribution in [3.05, 3.63) is 63.6 Å². The number of hydrogen-bond donors (Lipinski definition) is 1. The molecule has 0 aliphatic rings. The lowest BCUT2D eigenvalue weighted by Crippen LogP contribution is -2.52. The van der Waals surface area contributed by atoms with Gasteiger partial charge in [-0.25, -0.2) is 8.42 Å². The molecule has 0 saturated carbocycles. The Labute approximate surface area is 212 Å². The van der Waals surface area contributed by atoms with Crippen molar-refractivity contribution >= 4 is 50.7 Å². The molecule has 0 aromatic heterocycles. The van der Waals surface area contributed by atoms with Crippen LogP contribution in [-0.2, 0) is 26.2 Å². The van der Waals surface area contributed by atoms with Gasteiger partial charge in [-0.2, -0.15) is 0 Å². The van der Waals surface area contributed by atoms with E-state index in [-0.39, 0.29) is 29.2 Å². The van der Waals surface area contributed by atoms with E-state index in [4.69, 9.17) is 23.2 Å². The first-order valence-electron chi connectivity index (χ1n) is 10.9. The lowest BCUT2D eigenvalue weighted by Gasteiger charge is -2.32. The summed E-state index contributed by atoms with van der Waals surface area (Å²) in [5.74, 6) is -0.851. The van der Waals surface area contributed by atoms with Gasteiger partial charge in [0.2, 0.25) is 21.8 Å². The second kappa shape index (κ2) is 11.9. The molecule has 2 amide bonds. The van der Waals surface area contributed by atoms with Gasteiger partial charge in [-0.1, -0.05) is 60.0 Å². The van der Waals surface area contributed by atoms with Gasteiger partial charge in [0, 0.05) is 17.6 Å². The standard InChI is InChI=1S/C24H31Cl2N3O4S/c1-6-17(3)27-24(31)18(4)28(14-19-9-7-8-16(2)12-19)23(30)15-29(34(5,32)33)22-11-10-20(25)13-21(22)26/h7-13,17-18H,6,14-15H2,1-5H3,(H,27,31). The summed E-state index contributed by atoms with van der Waals surface area (Å²) < 4.78 is 26.1. The van der Waals surface area contributed by atoms with Gasteiger partial charge in [0.15, 0.2) is 0 Å². The summed E-state index contributed by atoms with van der Waals surface area (Å²) >= 11 is 12.2. The molecule has 186 valence electrons. The van der Waals surface area contributed by atoms with Gasteiger partial charge in [0.25, 0.3) is 0 Å². The van der Waals surface area contributed by atoms with Crippen LogP contribution in [0.2, 0.25) is 10.0 Å². The number of rotatable bonds is 10. The number of nitrogens with zero attached hydrogens (tertiary/aromatic N) is 2. The Morgan fingerprint density at radius 3 is 2.32 bits per heavy atom. The molecule has 1 N–H and O–H groups in total. The third-order valence-corrected chi connectivity index (χ3v) is 7.13. The van der Waals surface area contributed by atoms with E-state index in [0.717, 1.165) is 28.1 Å². The largest absolute Gasteiger partial charge is 0.352 e. The average Bonchev–Trinajstić information content (AvgIpc) is 2.74. The van der Waals surface area contributed by atoms with E-state index >= 15 is 0 Å². The molecule has 0 spiro atoms. The Bertz CT molecular complexity index is 1140. The minimum Gasteiger partial charge on any atom is -0.352 e. The maximum atomic E-state index is 13.5. The van der Waals surface area contributed by atoms with Gasteiger partial charge in [0.1, 0.15) is 12.6 Å². The SMILES string of the molecule is CCC(C)NC(=O)C(C)N(Cc1cccc(C)c1)C(=O)CN(c1ccc(Cl)cc1Cl)S(C)(=O)=O. The summed E-state index contributed by atoms with van der Waals surface area (Å²) in [7, 11) is -3.87. The number of amides is 2. The van der Waals surface area contributed by atoms with E-state index in [1.54, 1.807) is 6.92 Å². The van der Waals surface area contributed by atoms with Crippen molar-refractivity contribution in [1.82, 2.24) is 10.2 Å². The van der Waals surface area contributed by atoms with Crippen molar-refractivity contribution in [3.8, 4) is 0 Å². The van der Waals surface area contributed by atoms with E-state index in [1.165, 1.54) is 23.1 Å². The smallest absolute Gasteiger partial charge is 0.244 e. The molecule has 0 aliphatic heterocycles. The molecule has 34 heavy (non-hydrogen) atoms. The summed E-state index contributed by atoms with van der Waals surface area (Å²) in [6.07, 6.45) is 1.73. The van der Waals surface area contributed by atoms with Crippen molar-refractivity contribution < 1.29 is 18.0 Å². The van der Waals surface area contributed by atoms with Gasteiger partial charge < -0.3 is 10.2 Å². The minimum absolute atomic E-state index is 0.0636. The Hall–Kier alpha value is -2.29. The minimum atomic E-state index is -3.87. The third-order valence-electron chi connectivity index (χ3n) is 5.46. The molecule has 0 aliphatic carbocycles. The van der Waals surface area contributed by atoms with Gasteiger partial charge in [-0.05, 0) is 51.0 Å². The Morgan fingerprint density at radius 2 is 1.76 bits per heavy atom. The molecule has 2 aromatic carbocycles.